The van der Waals surface area contributed by atoms with Gasteiger partial charge >= 0.3 is 0 Å². The van der Waals surface area contributed by atoms with Gasteiger partial charge in [-0.15, -0.1) is 0 Å². The maximum atomic E-state index is 12.3. The molecule has 1 amide bonds. The van der Waals surface area contributed by atoms with Gasteiger partial charge in [0.1, 0.15) is 17.2 Å². The van der Waals surface area contributed by atoms with Crippen molar-refractivity contribution in [2.45, 2.75) is 13.3 Å². The number of benzene rings is 2. The molecule has 0 saturated heterocycles. The molecule has 0 aliphatic carbocycles. The second kappa shape index (κ2) is 10.1. The summed E-state index contributed by atoms with van der Waals surface area (Å²) < 4.78 is 13.0. The molecule has 4 rings (SSSR count). The van der Waals surface area contributed by atoms with Crippen LogP contribution in [0.4, 0.5) is 11.6 Å². The van der Waals surface area contributed by atoms with E-state index in [0.717, 1.165) is 29.1 Å². The first kappa shape index (κ1) is 22.3. The number of anilines is 2. The number of imidazole rings is 1. The van der Waals surface area contributed by atoms with Crippen molar-refractivity contribution < 1.29 is 14.3 Å². The molecule has 0 saturated carbocycles. The summed E-state index contributed by atoms with van der Waals surface area (Å²) in [5, 5.41) is 6.18. The van der Waals surface area contributed by atoms with Crippen molar-refractivity contribution >= 4 is 28.6 Å². The smallest absolute Gasteiger partial charge is 0.270 e. The maximum Gasteiger partial charge on any atom is 0.270 e. The van der Waals surface area contributed by atoms with Crippen LogP contribution in [0, 0.1) is 6.92 Å². The third-order valence-electron chi connectivity index (χ3n) is 5.17. The van der Waals surface area contributed by atoms with Crippen LogP contribution < -0.4 is 15.4 Å². The fourth-order valence-electron chi connectivity index (χ4n) is 3.36. The van der Waals surface area contributed by atoms with Gasteiger partial charge in [0, 0.05) is 51.3 Å². The molecule has 0 atom stereocenters. The number of pyridine rings is 1. The van der Waals surface area contributed by atoms with E-state index in [9.17, 15) is 4.79 Å². The third-order valence-corrected chi connectivity index (χ3v) is 5.17. The zero-order chi connectivity index (χ0) is 23.2. The van der Waals surface area contributed by atoms with Crippen LogP contribution in [0.2, 0.25) is 0 Å². The van der Waals surface area contributed by atoms with Gasteiger partial charge in [0.25, 0.3) is 5.91 Å². The molecule has 0 unspecified atom stereocenters. The highest BCUT2D eigenvalue weighted by Gasteiger charge is 2.11. The lowest BCUT2D eigenvalue weighted by molar-refractivity contribution is 0.0943. The molecular weight excluding hydrogens is 418 g/mol. The summed E-state index contributed by atoms with van der Waals surface area (Å²) in [6.07, 6.45) is 2.30. The Balaban J connectivity index is 1.48. The highest BCUT2D eigenvalue weighted by molar-refractivity contribution is 5.92. The van der Waals surface area contributed by atoms with E-state index in [0.29, 0.717) is 30.3 Å². The minimum Gasteiger partial charge on any atom is -0.457 e. The van der Waals surface area contributed by atoms with Crippen molar-refractivity contribution in [2.24, 2.45) is 7.05 Å². The van der Waals surface area contributed by atoms with Crippen molar-refractivity contribution in [3.05, 3.63) is 72.1 Å². The first-order valence-corrected chi connectivity index (χ1v) is 10.7. The quantitative estimate of drug-likeness (QED) is 0.367. The van der Waals surface area contributed by atoms with Gasteiger partial charge in [-0.05, 0) is 43.7 Å². The van der Waals surface area contributed by atoms with Gasteiger partial charge in [-0.1, -0.05) is 17.7 Å². The summed E-state index contributed by atoms with van der Waals surface area (Å²) in [4.78, 5) is 21.2. The van der Waals surface area contributed by atoms with E-state index in [1.807, 2.05) is 41.9 Å². The molecule has 2 N–H and O–H groups in total. The Morgan fingerprint density at radius 2 is 1.85 bits per heavy atom. The number of aryl methyl sites for hydroxylation is 2. The number of carbonyl (C=O) groups excluding carboxylic acids is 1. The topological polar surface area (TPSA) is 90.3 Å². The number of methoxy groups -OCH3 is 1. The van der Waals surface area contributed by atoms with Crippen molar-refractivity contribution in [3.63, 3.8) is 0 Å². The van der Waals surface area contributed by atoms with E-state index in [4.69, 9.17) is 14.5 Å². The predicted octanol–water partition coefficient (Wildman–Crippen LogP) is 4.58. The lowest BCUT2D eigenvalue weighted by Crippen LogP contribution is -2.26. The lowest BCUT2D eigenvalue weighted by atomic mass is 10.2. The fraction of sp³-hybridized carbons (Fsp3) is 0.240. The molecule has 0 aliphatic heterocycles. The van der Waals surface area contributed by atoms with E-state index in [-0.39, 0.29) is 5.91 Å². The molecular formula is C25H27N5O3. The zero-order valence-corrected chi connectivity index (χ0v) is 19.0. The average molecular weight is 446 g/mol. The van der Waals surface area contributed by atoms with Crippen LogP contribution in [0.1, 0.15) is 22.5 Å². The van der Waals surface area contributed by atoms with Crippen molar-refractivity contribution in [1.29, 1.82) is 0 Å². The van der Waals surface area contributed by atoms with Gasteiger partial charge in [-0.25, -0.2) is 4.98 Å². The first-order chi connectivity index (χ1) is 16.0. The van der Waals surface area contributed by atoms with Gasteiger partial charge in [-0.2, -0.15) is 0 Å². The summed E-state index contributed by atoms with van der Waals surface area (Å²) in [6, 6.07) is 17.2. The number of amides is 1. The third kappa shape index (κ3) is 5.48. The number of nitrogens with one attached hydrogen (secondary N) is 2. The van der Waals surface area contributed by atoms with Crippen LogP contribution in [0.3, 0.4) is 0 Å². The largest absolute Gasteiger partial charge is 0.457 e. The number of hydrogen-bond donors (Lipinski definition) is 2. The molecule has 2 aromatic heterocycles. The van der Waals surface area contributed by atoms with E-state index in [2.05, 4.69) is 34.7 Å². The molecule has 4 aromatic rings. The number of nitrogens with zero attached hydrogens (tertiary/aromatic N) is 3. The summed E-state index contributed by atoms with van der Waals surface area (Å²) >= 11 is 0. The second-order valence-electron chi connectivity index (χ2n) is 7.72. The molecule has 33 heavy (non-hydrogen) atoms. The number of rotatable bonds is 9. The highest BCUT2D eigenvalue weighted by Crippen LogP contribution is 2.28. The standard InChI is InChI=1S/C25H27N5O3/c1-17-5-7-18(8-6-17)28-25-29-21-15-19(9-10-23(21)30(25)2)33-20-11-13-26-22(16-20)24(31)27-12-4-14-32-3/h5-11,13,15-16H,4,12,14H2,1-3H3,(H,27,31)(H,28,29). The normalized spacial score (nSPS) is 10.9. The van der Waals surface area contributed by atoms with Gasteiger partial charge < -0.3 is 24.7 Å². The number of carbonyl (C=O) groups is 1. The molecule has 170 valence electrons. The van der Waals surface area contributed by atoms with Crippen LogP contribution in [0.25, 0.3) is 11.0 Å². The Morgan fingerprint density at radius 3 is 2.64 bits per heavy atom. The SMILES string of the molecule is COCCCNC(=O)c1cc(Oc2ccc3c(c2)nc(Nc2ccc(C)cc2)n3C)ccn1. The highest BCUT2D eigenvalue weighted by atomic mass is 16.5. The predicted molar refractivity (Wildman–Crippen MR) is 128 cm³/mol. The lowest BCUT2D eigenvalue weighted by Gasteiger charge is -2.08. The Morgan fingerprint density at radius 1 is 1.06 bits per heavy atom. The fourth-order valence-corrected chi connectivity index (χ4v) is 3.36. The molecule has 0 fully saturated rings. The monoisotopic (exact) mass is 445 g/mol. The van der Waals surface area contributed by atoms with Crippen molar-refractivity contribution in [1.82, 2.24) is 19.9 Å². The van der Waals surface area contributed by atoms with Gasteiger partial charge in [-0.3, -0.25) is 9.78 Å². The first-order valence-electron chi connectivity index (χ1n) is 10.7. The molecule has 8 nitrogen and oxygen atoms in total. The minimum absolute atomic E-state index is 0.247. The van der Waals surface area contributed by atoms with Crippen LogP contribution in [0.5, 0.6) is 11.5 Å². The maximum absolute atomic E-state index is 12.3. The van der Waals surface area contributed by atoms with Crippen LogP contribution in [-0.2, 0) is 11.8 Å². The Labute approximate surface area is 192 Å². The minimum atomic E-state index is -0.247. The molecule has 0 aliphatic rings. The van der Waals surface area contributed by atoms with E-state index >= 15 is 0 Å². The summed E-state index contributed by atoms with van der Waals surface area (Å²) in [7, 11) is 3.60. The molecule has 8 heteroatoms. The van der Waals surface area contributed by atoms with Crippen molar-refractivity contribution in [2.75, 3.05) is 25.6 Å². The van der Waals surface area contributed by atoms with Crippen molar-refractivity contribution in [3.8, 4) is 11.5 Å². The number of hydrogen-bond acceptors (Lipinski definition) is 6. The Bertz CT molecular complexity index is 1250. The Hall–Kier alpha value is -3.91. The second-order valence-corrected chi connectivity index (χ2v) is 7.72. The van der Waals surface area contributed by atoms with E-state index < -0.39 is 0 Å². The molecule has 0 radical (unpaired) electrons. The van der Waals surface area contributed by atoms with Gasteiger partial charge in [0.15, 0.2) is 0 Å². The Kier molecular flexibility index (Phi) is 6.85. The average Bonchev–Trinajstić information content (AvgIpc) is 3.12. The van der Waals surface area contributed by atoms with Crippen LogP contribution >= 0.6 is 0 Å². The zero-order valence-electron chi connectivity index (χ0n) is 19.0. The van der Waals surface area contributed by atoms with Crippen LogP contribution in [-0.4, -0.2) is 40.7 Å². The van der Waals surface area contributed by atoms with E-state index in [1.54, 1.807) is 25.4 Å². The molecule has 2 aromatic carbocycles. The molecule has 0 spiro atoms. The summed E-state index contributed by atoms with van der Waals surface area (Å²) in [5.41, 5.74) is 4.25. The van der Waals surface area contributed by atoms with Gasteiger partial charge in [0.05, 0.1) is 11.0 Å². The number of fused-ring (bicyclic) bond motifs is 1. The molecule has 2 heterocycles. The van der Waals surface area contributed by atoms with E-state index in [1.165, 1.54) is 5.56 Å². The summed E-state index contributed by atoms with van der Waals surface area (Å²) in [6.45, 7) is 3.17. The number of aromatic nitrogens is 3. The summed E-state index contributed by atoms with van der Waals surface area (Å²) in [5.74, 6) is 1.64. The van der Waals surface area contributed by atoms with Gasteiger partial charge in [0.2, 0.25) is 5.95 Å². The molecule has 0 bridgehead atoms. The van der Waals surface area contributed by atoms with Crippen LogP contribution in [0.15, 0.2) is 60.8 Å². The number of ether oxygens (including phenoxy) is 2.